The molecular formula is C19H13N27. The van der Waals surface area contributed by atoms with Gasteiger partial charge in [-0.05, 0) is 0 Å². The smallest absolute Gasteiger partial charge is 0.248 e. The monoisotopic (exact) mass is 619 g/mol. The van der Waals surface area contributed by atoms with Gasteiger partial charge >= 0.3 is 0 Å². The maximum absolute atomic E-state index is 8.10. The number of aliphatic imine (C=N–C) groups is 3. The minimum absolute atomic E-state index is 0.0185. The molecule has 6 aromatic rings. The molecule has 0 bridgehead atoms. The zero-order valence-corrected chi connectivity index (χ0v) is 22.4. The van der Waals surface area contributed by atoms with E-state index in [2.05, 4.69) is 90.7 Å². The van der Waals surface area contributed by atoms with Crippen LogP contribution in [0.2, 0.25) is 0 Å². The second-order valence-electron chi connectivity index (χ2n) is 9.46. The van der Waals surface area contributed by atoms with Crippen molar-refractivity contribution < 1.29 is 0 Å². The van der Waals surface area contributed by atoms with Gasteiger partial charge in [0, 0.05) is 0 Å². The van der Waals surface area contributed by atoms with Crippen LogP contribution < -0.4 is 50.0 Å². The summed E-state index contributed by atoms with van der Waals surface area (Å²) in [6.07, 6.45) is 0. The van der Waals surface area contributed by atoms with Gasteiger partial charge in [-0.1, -0.05) is 0 Å². The Bertz CT molecular complexity index is 2380. The Morgan fingerprint density at radius 2 is 0.739 bits per heavy atom. The van der Waals surface area contributed by atoms with Crippen LogP contribution in [0.1, 0.15) is 0 Å². The number of hydrogen-bond donors (Lipinski definition) is 9. The lowest BCUT2D eigenvalue weighted by Gasteiger charge is -2.29. The van der Waals surface area contributed by atoms with Gasteiger partial charge < -0.3 is 33.2 Å². The molecule has 0 unspecified atom stereocenters. The summed E-state index contributed by atoms with van der Waals surface area (Å²) in [5, 5.41) is 33.6. The topological polar surface area (TPSA) is 391 Å². The molecule has 0 aliphatic carbocycles. The fraction of sp³-hybridized carbons (Fsp3) is 0.0526. The van der Waals surface area contributed by atoms with Crippen molar-refractivity contribution in [3.05, 3.63) is 16.9 Å². The van der Waals surface area contributed by atoms with Gasteiger partial charge in [-0.25, -0.2) is 13.2 Å². The average molecular weight is 620 g/mol. The first-order valence-electron chi connectivity index (χ1n) is 12.7. The van der Waals surface area contributed by atoms with E-state index in [9.17, 15) is 0 Å². The molecule has 3 aliphatic rings. The highest BCUT2D eigenvalue weighted by Crippen LogP contribution is 2.29. The Hall–Kier alpha value is -7.74. The second-order valence-corrected chi connectivity index (χ2v) is 9.46. The number of rotatable bonds is 3. The fourth-order valence-corrected chi connectivity index (χ4v) is 4.89. The molecular weight excluding hydrogens is 606 g/mol. The number of nitrogens with one attached hydrogen (secondary N) is 6. The minimum atomic E-state index is -1.14. The third-order valence-electron chi connectivity index (χ3n) is 6.58. The summed E-state index contributed by atoms with van der Waals surface area (Å²) >= 11 is 0. The number of aromatic nitrogens is 15. The first-order chi connectivity index (χ1) is 22.2. The van der Waals surface area contributed by atoms with Crippen LogP contribution in [0.25, 0.3) is 17.3 Å². The summed E-state index contributed by atoms with van der Waals surface area (Å²) in [6, 6.07) is 0. The van der Waals surface area contributed by atoms with Gasteiger partial charge in [-0.15, -0.1) is 0 Å². The van der Waals surface area contributed by atoms with Crippen LogP contribution in [0.4, 0.5) is 53.5 Å². The normalized spacial score (nSPS) is 15.0. The van der Waals surface area contributed by atoms with E-state index >= 15 is 0 Å². The molecule has 9 heterocycles. The van der Waals surface area contributed by atoms with E-state index in [0.29, 0.717) is 0 Å². The molecule has 0 aromatic carbocycles. The van der Waals surface area contributed by atoms with E-state index in [1.807, 2.05) is 0 Å². The lowest BCUT2D eigenvalue weighted by molar-refractivity contribution is 0.850. The van der Waals surface area contributed by atoms with Crippen molar-refractivity contribution in [1.29, 1.82) is 16.2 Å². The molecule has 224 valence electrons. The quantitative estimate of drug-likeness (QED) is 0.0905. The molecule has 12 N–H and O–H groups in total. The largest absolute Gasteiger partial charge is 0.368 e. The van der Waals surface area contributed by atoms with E-state index < -0.39 is 5.92 Å². The van der Waals surface area contributed by atoms with Crippen molar-refractivity contribution in [2.75, 3.05) is 33.2 Å². The average Bonchev–Trinajstić information content (AvgIpc) is 2.95. The first-order valence-corrected chi connectivity index (χ1v) is 12.7. The second kappa shape index (κ2) is 8.42. The van der Waals surface area contributed by atoms with Crippen LogP contribution in [0.15, 0.2) is 15.0 Å². The van der Waals surface area contributed by atoms with Crippen molar-refractivity contribution in [2.24, 2.45) is 20.9 Å². The number of nitrogens with two attached hydrogens (primary N) is 3. The molecule has 27 heteroatoms. The van der Waals surface area contributed by atoms with E-state index in [1.54, 1.807) is 0 Å². The van der Waals surface area contributed by atoms with Crippen LogP contribution in [0, 0.1) is 22.1 Å². The number of anilines is 6. The molecule has 0 radical (unpaired) electrons. The maximum Gasteiger partial charge on any atom is 0.248 e. The molecule has 0 atom stereocenters. The molecule has 46 heavy (non-hydrogen) atoms. The Balaban J connectivity index is 1.31. The highest BCUT2D eigenvalue weighted by Gasteiger charge is 2.37. The maximum atomic E-state index is 8.10. The van der Waals surface area contributed by atoms with Gasteiger partial charge in [0.05, 0.1) is 0 Å². The SMILES string of the molecule is N=c1nc2n3c(nc(N)nc3n1)NC(C(C1=Nc3nc(=N)nc4nc(N)nc(n34)N1)C1=Nc3nc(=N)nc4nc(N)nc(n34)N1)=N2. The summed E-state index contributed by atoms with van der Waals surface area (Å²) in [6.45, 7) is 0. The zero-order valence-electron chi connectivity index (χ0n) is 22.4. The summed E-state index contributed by atoms with van der Waals surface area (Å²) in [5.41, 5.74) is 16.7. The Labute approximate surface area is 248 Å². The van der Waals surface area contributed by atoms with Crippen LogP contribution in [0.3, 0.4) is 0 Å². The predicted octanol–water partition coefficient (Wildman–Crippen LogP) is -4.25. The van der Waals surface area contributed by atoms with Crippen molar-refractivity contribution >= 4 is 88.4 Å². The van der Waals surface area contributed by atoms with Crippen LogP contribution in [-0.2, 0) is 0 Å². The summed E-state index contributed by atoms with van der Waals surface area (Å²) in [4.78, 5) is 63.4. The minimum Gasteiger partial charge on any atom is -0.368 e. The number of hydrogen-bond acceptors (Lipinski definition) is 24. The molecule has 3 aliphatic heterocycles. The third-order valence-corrected chi connectivity index (χ3v) is 6.58. The van der Waals surface area contributed by atoms with Crippen molar-refractivity contribution in [3.8, 4) is 0 Å². The summed E-state index contributed by atoms with van der Waals surface area (Å²) < 4.78 is 4.08. The van der Waals surface area contributed by atoms with Crippen molar-refractivity contribution in [3.63, 3.8) is 0 Å². The molecule has 0 fully saturated rings. The summed E-state index contributed by atoms with van der Waals surface area (Å²) in [7, 11) is 0. The number of nitrogen functional groups attached to an aromatic ring is 3. The van der Waals surface area contributed by atoms with Gasteiger partial charge in [0.15, 0.2) is 0 Å². The first kappa shape index (κ1) is 24.8. The van der Waals surface area contributed by atoms with Gasteiger partial charge in [-0.2, -0.15) is 74.8 Å². The predicted molar refractivity (Wildman–Crippen MR) is 152 cm³/mol. The zero-order chi connectivity index (χ0) is 31.4. The van der Waals surface area contributed by atoms with E-state index in [0.717, 1.165) is 0 Å². The van der Waals surface area contributed by atoms with Gasteiger partial charge in [0.25, 0.3) is 0 Å². The molecule has 9 rings (SSSR count). The molecule has 0 saturated carbocycles. The van der Waals surface area contributed by atoms with E-state index in [1.165, 1.54) is 13.2 Å². The highest BCUT2D eigenvalue weighted by molar-refractivity contribution is 6.31. The van der Waals surface area contributed by atoms with Gasteiger partial charge in [0.2, 0.25) is 87.7 Å². The lowest BCUT2D eigenvalue weighted by Crippen LogP contribution is -2.46. The number of nitrogens with zero attached hydrogens (tertiary/aromatic N) is 18. The molecule has 27 nitrogen and oxygen atoms in total. The lowest BCUT2D eigenvalue weighted by atomic mass is 10.0. The highest BCUT2D eigenvalue weighted by atomic mass is 15.4. The fourth-order valence-electron chi connectivity index (χ4n) is 4.89. The van der Waals surface area contributed by atoms with Gasteiger partial charge in [0.1, 0.15) is 23.4 Å². The standard InChI is InChI=1S/C19H13N27/c20-5-32-11-26-2(27-12-33-6(21)39-17(38-5)44(11)12)1(3-28-13-34-7(22)40-18-41-8(23)35-14(29-3)45(13)18)4-30-15-36-9(24)42-19-43-10(25)37-16(31-4)46(15)19/h1H,(H4,20,21,26,27,32,33,38,39)(H4,22,23,28,29,34,35,40,41)(H4,24,25,30,31,36,37,42,43). The molecule has 6 aromatic heterocycles. The van der Waals surface area contributed by atoms with Crippen LogP contribution in [-0.4, -0.2) is 90.5 Å². The molecule has 0 spiro atoms. The molecule has 0 saturated heterocycles. The Morgan fingerprint density at radius 3 is 1.04 bits per heavy atom. The van der Waals surface area contributed by atoms with Crippen molar-refractivity contribution in [1.82, 2.24) is 73.0 Å². The number of amidine groups is 3. The van der Waals surface area contributed by atoms with Crippen molar-refractivity contribution in [2.45, 2.75) is 0 Å². The van der Waals surface area contributed by atoms with E-state index in [-0.39, 0.29) is 105 Å². The third kappa shape index (κ3) is 3.58. The molecule has 0 amide bonds. The van der Waals surface area contributed by atoms with E-state index in [4.69, 9.17) is 33.4 Å². The summed E-state index contributed by atoms with van der Waals surface area (Å²) in [5.74, 6) is -0.935. The van der Waals surface area contributed by atoms with Gasteiger partial charge in [-0.3, -0.25) is 16.2 Å². The Morgan fingerprint density at radius 1 is 0.435 bits per heavy atom. The Kier molecular flexibility index (Phi) is 4.55. The van der Waals surface area contributed by atoms with Crippen LogP contribution >= 0.6 is 0 Å². The van der Waals surface area contributed by atoms with Crippen LogP contribution in [0.5, 0.6) is 0 Å².